The molecule has 0 aliphatic carbocycles. The highest BCUT2D eigenvalue weighted by Crippen LogP contribution is 2.36. The molecule has 160 valence electrons. The number of H-pyrrole nitrogens is 1. The predicted octanol–water partition coefficient (Wildman–Crippen LogP) is 6.76. The minimum absolute atomic E-state index is 0.0511. The van der Waals surface area contributed by atoms with Gasteiger partial charge < -0.3 is 4.98 Å². The summed E-state index contributed by atoms with van der Waals surface area (Å²) < 4.78 is 4.50. The van der Waals surface area contributed by atoms with Crippen molar-refractivity contribution in [2.45, 2.75) is 26.2 Å². The highest BCUT2D eigenvalue weighted by atomic mass is 15.1. The lowest BCUT2D eigenvalue weighted by Gasteiger charge is -2.20. The summed E-state index contributed by atoms with van der Waals surface area (Å²) in [5.74, 6) is 1.80. The molecule has 5 nitrogen and oxygen atoms in total. The van der Waals surface area contributed by atoms with Gasteiger partial charge >= 0.3 is 0 Å². The van der Waals surface area contributed by atoms with Crippen molar-refractivity contribution in [1.29, 1.82) is 0 Å². The SMILES string of the molecule is CC(C)(C)c1ccnc(-n2c3ccccc3c3cc4c(cc32)[nH]c2nc3ccccc3n24)c1. The summed E-state index contributed by atoms with van der Waals surface area (Å²) in [6.45, 7) is 6.71. The Hall–Kier alpha value is -4.12. The molecular weight excluding hydrogens is 406 g/mol. The number of nitrogens with one attached hydrogen (secondary N) is 1. The molecule has 0 saturated heterocycles. The van der Waals surface area contributed by atoms with Gasteiger partial charge in [0, 0.05) is 17.0 Å². The van der Waals surface area contributed by atoms with Crippen LogP contribution in [0.3, 0.4) is 0 Å². The first kappa shape index (κ1) is 18.5. The molecule has 7 aromatic rings. The number of para-hydroxylation sites is 3. The van der Waals surface area contributed by atoms with Gasteiger partial charge in [-0.3, -0.25) is 8.97 Å². The molecule has 33 heavy (non-hydrogen) atoms. The van der Waals surface area contributed by atoms with E-state index in [1.807, 2.05) is 12.3 Å². The topological polar surface area (TPSA) is 50.9 Å². The van der Waals surface area contributed by atoms with Crippen LogP contribution in [-0.2, 0) is 5.41 Å². The summed E-state index contributed by atoms with van der Waals surface area (Å²) in [5.41, 5.74) is 7.91. The second-order valence-corrected chi connectivity index (χ2v) is 9.78. The first-order valence-electron chi connectivity index (χ1n) is 11.3. The molecule has 4 heterocycles. The molecule has 0 aliphatic rings. The molecule has 0 aliphatic heterocycles. The fourth-order valence-electron chi connectivity index (χ4n) is 5.02. The van der Waals surface area contributed by atoms with E-state index in [0.29, 0.717) is 0 Å². The lowest BCUT2D eigenvalue weighted by Crippen LogP contribution is -2.12. The average molecular weight is 430 g/mol. The van der Waals surface area contributed by atoms with E-state index in [0.717, 1.165) is 44.7 Å². The molecule has 5 heteroatoms. The van der Waals surface area contributed by atoms with Crippen LogP contribution < -0.4 is 0 Å². The number of aromatic amines is 1. The van der Waals surface area contributed by atoms with Gasteiger partial charge in [0.05, 0.1) is 33.1 Å². The Morgan fingerprint density at radius 3 is 2.39 bits per heavy atom. The van der Waals surface area contributed by atoms with E-state index in [1.54, 1.807) is 0 Å². The predicted molar refractivity (Wildman–Crippen MR) is 135 cm³/mol. The van der Waals surface area contributed by atoms with E-state index in [1.165, 1.54) is 16.3 Å². The fraction of sp³-hybridized carbons (Fsp3) is 0.143. The lowest BCUT2D eigenvalue weighted by atomic mass is 9.88. The van der Waals surface area contributed by atoms with Crippen LogP contribution in [0.2, 0.25) is 0 Å². The van der Waals surface area contributed by atoms with Crippen LogP contribution in [0.1, 0.15) is 26.3 Å². The Morgan fingerprint density at radius 1 is 0.758 bits per heavy atom. The van der Waals surface area contributed by atoms with Crippen molar-refractivity contribution < 1.29 is 0 Å². The van der Waals surface area contributed by atoms with E-state index in [4.69, 9.17) is 9.97 Å². The van der Waals surface area contributed by atoms with Gasteiger partial charge in [0.25, 0.3) is 0 Å². The Kier molecular flexibility index (Phi) is 3.48. The van der Waals surface area contributed by atoms with Crippen LogP contribution in [0.5, 0.6) is 0 Å². The molecule has 4 aromatic heterocycles. The normalized spacial score (nSPS) is 12.7. The summed E-state index contributed by atoms with van der Waals surface area (Å²) in [6, 6.07) is 25.7. The van der Waals surface area contributed by atoms with Gasteiger partial charge in [-0.2, -0.15) is 0 Å². The van der Waals surface area contributed by atoms with Crippen LogP contribution in [-0.4, -0.2) is 23.9 Å². The number of rotatable bonds is 1. The largest absolute Gasteiger partial charge is 0.323 e. The number of benzene rings is 3. The number of imidazole rings is 2. The van der Waals surface area contributed by atoms with Gasteiger partial charge in [-0.15, -0.1) is 0 Å². The Balaban J connectivity index is 1.61. The van der Waals surface area contributed by atoms with Crippen molar-refractivity contribution in [2.75, 3.05) is 0 Å². The fourth-order valence-corrected chi connectivity index (χ4v) is 5.02. The van der Waals surface area contributed by atoms with Crippen molar-refractivity contribution >= 4 is 49.7 Å². The minimum Gasteiger partial charge on any atom is -0.323 e. The maximum Gasteiger partial charge on any atom is 0.213 e. The third-order valence-electron chi connectivity index (χ3n) is 6.68. The second kappa shape index (κ2) is 6.23. The molecule has 0 atom stereocenters. The first-order chi connectivity index (χ1) is 16.0. The lowest BCUT2D eigenvalue weighted by molar-refractivity contribution is 0.588. The van der Waals surface area contributed by atoms with Crippen LogP contribution in [0.4, 0.5) is 0 Å². The van der Waals surface area contributed by atoms with Crippen molar-refractivity contribution in [2.24, 2.45) is 0 Å². The van der Waals surface area contributed by atoms with Crippen LogP contribution in [0.25, 0.3) is 55.5 Å². The molecule has 7 rings (SSSR count). The van der Waals surface area contributed by atoms with Crippen molar-refractivity contribution in [3.05, 3.63) is 84.6 Å². The number of aromatic nitrogens is 5. The Labute approximate surface area is 190 Å². The quantitative estimate of drug-likeness (QED) is 0.313. The van der Waals surface area contributed by atoms with E-state index >= 15 is 0 Å². The summed E-state index contributed by atoms with van der Waals surface area (Å²) >= 11 is 0. The summed E-state index contributed by atoms with van der Waals surface area (Å²) in [4.78, 5) is 13.1. The summed E-state index contributed by atoms with van der Waals surface area (Å²) in [7, 11) is 0. The maximum atomic E-state index is 4.80. The number of fused-ring (bicyclic) bond motifs is 8. The zero-order chi connectivity index (χ0) is 22.3. The van der Waals surface area contributed by atoms with E-state index < -0.39 is 0 Å². The van der Waals surface area contributed by atoms with Crippen molar-refractivity contribution in [3.8, 4) is 5.82 Å². The third-order valence-corrected chi connectivity index (χ3v) is 6.68. The van der Waals surface area contributed by atoms with Gasteiger partial charge in [0.15, 0.2) is 0 Å². The smallest absolute Gasteiger partial charge is 0.213 e. The maximum absolute atomic E-state index is 4.80. The zero-order valence-electron chi connectivity index (χ0n) is 18.8. The molecule has 0 bridgehead atoms. The molecule has 0 fully saturated rings. The summed E-state index contributed by atoms with van der Waals surface area (Å²) in [6.07, 6.45) is 1.92. The third kappa shape index (κ3) is 2.53. The number of nitrogens with zero attached hydrogens (tertiary/aromatic N) is 4. The van der Waals surface area contributed by atoms with Gasteiger partial charge in [-0.1, -0.05) is 51.1 Å². The molecule has 0 radical (unpaired) electrons. The zero-order valence-corrected chi connectivity index (χ0v) is 18.8. The van der Waals surface area contributed by atoms with E-state index in [-0.39, 0.29) is 5.41 Å². The molecule has 0 spiro atoms. The molecular formula is C28H23N5. The monoisotopic (exact) mass is 429 g/mol. The molecule has 0 unspecified atom stereocenters. The van der Waals surface area contributed by atoms with Gasteiger partial charge in [-0.05, 0) is 53.4 Å². The van der Waals surface area contributed by atoms with Crippen LogP contribution in [0.15, 0.2) is 79.0 Å². The van der Waals surface area contributed by atoms with Crippen LogP contribution in [0, 0.1) is 0 Å². The minimum atomic E-state index is 0.0511. The van der Waals surface area contributed by atoms with Gasteiger partial charge in [0.2, 0.25) is 5.78 Å². The average Bonchev–Trinajstić information content (AvgIpc) is 3.44. The molecule has 1 N–H and O–H groups in total. The van der Waals surface area contributed by atoms with Crippen LogP contribution >= 0.6 is 0 Å². The molecule has 3 aromatic carbocycles. The molecule has 0 amide bonds. The Morgan fingerprint density at radius 2 is 1.55 bits per heavy atom. The highest BCUT2D eigenvalue weighted by Gasteiger charge is 2.19. The standard InChI is InChI=1S/C28H23N5/c1-28(2,3)17-12-13-29-26(14-17)32-22-10-6-4-8-18(22)19-15-25-21(16-24(19)32)31-27-30-20-9-5-7-11-23(20)33(25)27/h4-16H,1-3H3,(H,30,31). The second-order valence-electron chi connectivity index (χ2n) is 9.78. The number of hydrogen-bond acceptors (Lipinski definition) is 2. The van der Waals surface area contributed by atoms with Gasteiger partial charge in [0.1, 0.15) is 5.82 Å². The first-order valence-corrected chi connectivity index (χ1v) is 11.3. The van der Waals surface area contributed by atoms with Gasteiger partial charge in [-0.25, -0.2) is 9.97 Å². The number of pyridine rings is 1. The summed E-state index contributed by atoms with van der Waals surface area (Å²) in [5, 5.41) is 2.43. The Bertz CT molecular complexity index is 1860. The van der Waals surface area contributed by atoms with Crippen molar-refractivity contribution in [3.63, 3.8) is 0 Å². The molecule has 0 saturated carbocycles. The number of hydrogen-bond donors (Lipinski definition) is 1. The van der Waals surface area contributed by atoms with Crippen molar-refractivity contribution in [1.82, 2.24) is 23.9 Å². The van der Waals surface area contributed by atoms with E-state index in [2.05, 4.69) is 101 Å². The van der Waals surface area contributed by atoms with E-state index in [9.17, 15) is 0 Å². The highest BCUT2D eigenvalue weighted by molar-refractivity contribution is 6.13.